The van der Waals surface area contributed by atoms with Gasteiger partial charge >= 0.3 is 0 Å². The minimum absolute atomic E-state index is 0.353. The van der Waals surface area contributed by atoms with E-state index in [0.717, 1.165) is 29.8 Å². The number of carbonyl (C=O) groups is 1. The van der Waals surface area contributed by atoms with Crippen LogP contribution >= 0.6 is 15.9 Å². The van der Waals surface area contributed by atoms with Gasteiger partial charge in [0.05, 0.1) is 11.3 Å². The van der Waals surface area contributed by atoms with Gasteiger partial charge in [-0.05, 0) is 72.8 Å². The predicted molar refractivity (Wildman–Crippen MR) is 88.6 cm³/mol. The molecule has 21 heavy (non-hydrogen) atoms. The molecule has 2 aliphatic rings. The number of piperidine rings is 1. The largest absolute Gasteiger partial charge is 0.368 e. The number of halogens is 1. The van der Waals surface area contributed by atoms with Crippen LogP contribution in [0.3, 0.4) is 0 Å². The van der Waals surface area contributed by atoms with E-state index in [4.69, 9.17) is 5.73 Å². The van der Waals surface area contributed by atoms with Crippen molar-refractivity contribution >= 4 is 27.5 Å². The maximum atomic E-state index is 11.8. The highest BCUT2D eigenvalue weighted by atomic mass is 79.9. The molecular weight excluding hydrogens is 330 g/mol. The maximum absolute atomic E-state index is 11.8. The third kappa shape index (κ3) is 3.40. The van der Waals surface area contributed by atoms with Gasteiger partial charge in [-0.15, -0.1) is 0 Å². The zero-order valence-corrected chi connectivity index (χ0v) is 13.7. The number of nitrogens with one attached hydrogen (secondary N) is 1. The summed E-state index contributed by atoms with van der Waals surface area (Å²) in [6.07, 6.45) is 4.86. The Balaban J connectivity index is 1.87. The first kappa shape index (κ1) is 14.9. The van der Waals surface area contributed by atoms with Gasteiger partial charge < -0.3 is 16.0 Å². The molecular formula is C16H22BrN3O. The van der Waals surface area contributed by atoms with E-state index in [-0.39, 0.29) is 5.91 Å². The number of anilines is 1. The summed E-state index contributed by atoms with van der Waals surface area (Å²) in [6.45, 7) is 3.23. The van der Waals surface area contributed by atoms with Crippen LogP contribution in [0.4, 0.5) is 5.69 Å². The Bertz CT molecular complexity index is 524. The lowest BCUT2D eigenvalue weighted by molar-refractivity contribution is 0.1000. The second-order valence-electron chi connectivity index (χ2n) is 6.08. The third-order valence-corrected chi connectivity index (χ3v) is 5.11. The van der Waals surface area contributed by atoms with Crippen LogP contribution in [0, 0.1) is 5.92 Å². The number of hydrogen-bond donors (Lipinski definition) is 2. The van der Waals surface area contributed by atoms with Gasteiger partial charge in [-0.25, -0.2) is 0 Å². The number of primary amides is 1. The van der Waals surface area contributed by atoms with Crippen LogP contribution in [-0.4, -0.2) is 31.6 Å². The van der Waals surface area contributed by atoms with Crippen molar-refractivity contribution in [1.29, 1.82) is 0 Å². The Labute approximate surface area is 134 Å². The summed E-state index contributed by atoms with van der Waals surface area (Å²) in [7, 11) is 0. The molecule has 1 aromatic carbocycles. The molecule has 1 saturated heterocycles. The zero-order chi connectivity index (χ0) is 14.8. The van der Waals surface area contributed by atoms with Crippen LogP contribution in [-0.2, 0) is 0 Å². The van der Waals surface area contributed by atoms with Crippen molar-refractivity contribution in [2.75, 3.05) is 24.5 Å². The summed E-state index contributed by atoms with van der Waals surface area (Å²) in [5.74, 6) is 0.347. The molecule has 1 aliphatic carbocycles. The number of rotatable bonds is 5. The minimum Gasteiger partial charge on any atom is -0.368 e. The molecule has 5 heteroatoms. The quantitative estimate of drug-likeness (QED) is 0.856. The summed E-state index contributed by atoms with van der Waals surface area (Å²) < 4.78 is 0.795. The van der Waals surface area contributed by atoms with Crippen LogP contribution in [0.1, 0.15) is 36.0 Å². The topological polar surface area (TPSA) is 58.4 Å². The standard InChI is InChI=1S/C16H22BrN3O/c17-13-2-1-3-14(15(13)16(18)21)20(12-4-5-12)10-11-6-8-19-9-7-11/h1-3,11-12,19H,4-10H2,(H2,18,21). The van der Waals surface area contributed by atoms with Gasteiger partial charge in [0.25, 0.3) is 5.91 Å². The van der Waals surface area contributed by atoms with Gasteiger partial charge in [0.15, 0.2) is 0 Å². The van der Waals surface area contributed by atoms with Gasteiger partial charge in [0.1, 0.15) is 0 Å². The van der Waals surface area contributed by atoms with Crippen LogP contribution in [0.2, 0.25) is 0 Å². The fourth-order valence-corrected chi connectivity index (χ4v) is 3.72. The first-order valence-corrected chi connectivity index (χ1v) is 8.52. The number of nitrogens with two attached hydrogens (primary N) is 1. The molecule has 0 atom stereocenters. The van der Waals surface area contributed by atoms with Crippen molar-refractivity contribution in [1.82, 2.24) is 5.32 Å². The molecule has 1 heterocycles. The molecule has 1 amide bonds. The average Bonchev–Trinajstić information content (AvgIpc) is 3.30. The molecule has 0 radical (unpaired) electrons. The van der Waals surface area contributed by atoms with Gasteiger partial charge in [-0.1, -0.05) is 6.07 Å². The molecule has 2 fully saturated rings. The summed E-state index contributed by atoms with van der Waals surface area (Å²) in [5.41, 5.74) is 7.22. The molecule has 114 valence electrons. The number of carbonyl (C=O) groups excluding carboxylic acids is 1. The molecule has 3 rings (SSSR count). The molecule has 1 aromatic rings. The lowest BCUT2D eigenvalue weighted by atomic mass is 9.96. The van der Waals surface area contributed by atoms with E-state index in [1.807, 2.05) is 18.2 Å². The van der Waals surface area contributed by atoms with Crippen LogP contribution in [0.15, 0.2) is 22.7 Å². The summed E-state index contributed by atoms with van der Waals surface area (Å²) >= 11 is 3.47. The Morgan fingerprint density at radius 2 is 2.00 bits per heavy atom. The first-order valence-electron chi connectivity index (χ1n) is 7.72. The maximum Gasteiger partial charge on any atom is 0.251 e. The zero-order valence-electron chi connectivity index (χ0n) is 12.1. The molecule has 0 unspecified atom stereocenters. The van der Waals surface area contributed by atoms with E-state index in [1.54, 1.807) is 0 Å². The smallest absolute Gasteiger partial charge is 0.251 e. The summed E-state index contributed by atoms with van der Waals surface area (Å²) in [5, 5.41) is 3.41. The highest BCUT2D eigenvalue weighted by Crippen LogP contribution is 2.37. The summed E-state index contributed by atoms with van der Waals surface area (Å²) in [6, 6.07) is 6.49. The highest BCUT2D eigenvalue weighted by molar-refractivity contribution is 9.10. The Morgan fingerprint density at radius 3 is 2.62 bits per heavy atom. The average molecular weight is 352 g/mol. The summed E-state index contributed by atoms with van der Waals surface area (Å²) in [4.78, 5) is 14.3. The van der Waals surface area contributed by atoms with Gasteiger partial charge in [0.2, 0.25) is 0 Å². The van der Waals surface area contributed by atoms with Crippen molar-refractivity contribution in [2.24, 2.45) is 11.7 Å². The van der Waals surface area contributed by atoms with Crippen molar-refractivity contribution in [3.63, 3.8) is 0 Å². The van der Waals surface area contributed by atoms with Gasteiger partial charge in [-0.2, -0.15) is 0 Å². The number of hydrogen-bond acceptors (Lipinski definition) is 3. The van der Waals surface area contributed by atoms with Crippen LogP contribution < -0.4 is 16.0 Å². The predicted octanol–water partition coefficient (Wildman–Crippen LogP) is 2.52. The number of amides is 1. The van der Waals surface area contributed by atoms with E-state index in [1.165, 1.54) is 25.7 Å². The van der Waals surface area contributed by atoms with Gasteiger partial charge in [-0.3, -0.25) is 4.79 Å². The van der Waals surface area contributed by atoms with Gasteiger partial charge in [0, 0.05) is 17.1 Å². The van der Waals surface area contributed by atoms with E-state index in [0.29, 0.717) is 17.5 Å². The second kappa shape index (κ2) is 6.36. The van der Waals surface area contributed by atoms with Crippen LogP contribution in [0.5, 0.6) is 0 Å². The Morgan fingerprint density at radius 1 is 1.29 bits per heavy atom. The SMILES string of the molecule is NC(=O)c1c(Br)cccc1N(CC1CCNCC1)C1CC1. The fraction of sp³-hybridized carbons (Fsp3) is 0.562. The van der Waals surface area contributed by atoms with Crippen molar-refractivity contribution in [2.45, 2.75) is 31.7 Å². The molecule has 0 spiro atoms. The molecule has 1 saturated carbocycles. The highest BCUT2D eigenvalue weighted by Gasteiger charge is 2.33. The normalized spacial score (nSPS) is 19.5. The third-order valence-electron chi connectivity index (χ3n) is 4.45. The van der Waals surface area contributed by atoms with Crippen LogP contribution in [0.25, 0.3) is 0 Å². The van der Waals surface area contributed by atoms with Crippen molar-refractivity contribution in [3.8, 4) is 0 Å². The van der Waals surface area contributed by atoms with E-state index in [2.05, 4.69) is 26.1 Å². The Hall–Kier alpha value is -1.07. The number of nitrogens with zero attached hydrogens (tertiary/aromatic N) is 1. The number of benzene rings is 1. The fourth-order valence-electron chi connectivity index (χ4n) is 3.17. The van der Waals surface area contributed by atoms with E-state index in [9.17, 15) is 4.79 Å². The van der Waals surface area contributed by atoms with E-state index < -0.39 is 0 Å². The molecule has 1 aliphatic heterocycles. The van der Waals surface area contributed by atoms with E-state index >= 15 is 0 Å². The molecule has 3 N–H and O–H groups in total. The molecule has 0 aromatic heterocycles. The van der Waals surface area contributed by atoms with Crippen molar-refractivity contribution in [3.05, 3.63) is 28.2 Å². The van der Waals surface area contributed by atoms with Crippen molar-refractivity contribution < 1.29 is 4.79 Å². The molecule has 0 bridgehead atoms. The second-order valence-corrected chi connectivity index (χ2v) is 6.93. The lowest BCUT2D eigenvalue weighted by Crippen LogP contribution is -2.38. The monoisotopic (exact) mass is 351 g/mol. The first-order chi connectivity index (χ1) is 10.2. The molecule has 4 nitrogen and oxygen atoms in total. The Kier molecular flexibility index (Phi) is 4.50. The minimum atomic E-state index is -0.353. The lowest BCUT2D eigenvalue weighted by Gasteiger charge is -2.33.